The van der Waals surface area contributed by atoms with Gasteiger partial charge in [0.25, 0.3) is 0 Å². The fraction of sp³-hybridized carbons (Fsp3) is 0.647. The van der Waals surface area contributed by atoms with Crippen molar-refractivity contribution in [3.8, 4) is 0 Å². The van der Waals surface area contributed by atoms with Gasteiger partial charge in [0, 0.05) is 10.6 Å². The smallest absolute Gasteiger partial charge is 0.127 e. The van der Waals surface area contributed by atoms with Crippen LogP contribution in [-0.2, 0) is 6.42 Å². The van der Waals surface area contributed by atoms with Crippen LogP contribution in [0.15, 0.2) is 12.1 Å². The molecule has 0 fully saturated rings. The van der Waals surface area contributed by atoms with Gasteiger partial charge in [-0.25, -0.2) is 4.39 Å². The Hall–Kier alpha value is -0.600. The highest BCUT2D eigenvalue weighted by molar-refractivity contribution is 6.31. The molecule has 0 saturated carbocycles. The average molecular weight is 300 g/mol. The minimum absolute atomic E-state index is 0.208. The molecule has 1 aromatic rings. The number of benzene rings is 1. The van der Waals surface area contributed by atoms with Crippen molar-refractivity contribution >= 4 is 11.6 Å². The van der Waals surface area contributed by atoms with E-state index in [4.69, 9.17) is 11.6 Å². The number of nitrogens with one attached hydrogen (secondary N) is 1. The monoisotopic (exact) mass is 299 g/mol. The maximum absolute atomic E-state index is 13.3. The fourth-order valence-corrected chi connectivity index (χ4v) is 2.41. The highest BCUT2D eigenvalue weighted by Gasteiger charge is 2.07. The molecule has 3 heteroatoms. The molecule has 114 valence electrons. The lowest BCUT2D eigenvalue weighted by Gasteiger charge is -2.20. The summed E-state index contributed by atoms with van der Waals surface area (Å²) in [5, 5.41) is 4.05. The van der Waals surface area contributed by atoms with E-state index in [0.29, 0.717) is 10.6 Å². The van der Waals surface area contributed by atoms with E-state index in [1.165, 1.54) is 25.3 Å². The predicted molar refractivity (Wildman–Crippen MR) is 86.1 cm³/mol. The summed E-state index contributed by atoms with van der Waals surface area (Å²) in [6.07, 6.45) is 5.67. The molecule has 0 amide bonds. The van der Waals surface area contributed by atoms with Crippen molar-refractivity contribution in [2.75, 3.05) is 6.54 Å². The van der Waals surface area contributed by atoms with Crippen LogP contribution in [0.4, 0.5) is 4.39 Å². The first-order valence-electron chi connectivity index (χ1n) is 7.49. The SMILES string of the molecule is Cc1cc(CCCCCCNC(C)(C)C)c(Cl)cc1F. The van der Waals surface area contributed by atoms with Crippen LogP contribution in [0.1, 0.15) is 57.6 Å². The Labute approximate surface area is 127 Å². The molecule has 0 saturated heterocycles. The Kier molecular flexibility index (Phi) is 6.97. The topological polar surface area (TPSA) is 12.0 Å². The molecule has 0 spiro atoms. The zero-order valence-corrected chi connectivity index (χ0v) is 13.9. The molecule has 0 aromatic heterocycles. The highest BCUT2D eigenvalue weighted by atomic mass is 35.5. The van der Waals surface area contributed by atoms with Crippen molar-refractivity contribution in [2.45, 2.75) is 65.3 Å². The summed E-state index contributed by atoms with van der Waals surface area (Å²) >= 11 is 6.06. The Morgan fingerprint density at radius 1 is 1.10 bits per heavy atom. The van der Waals surface area contributed by atoms with Gasteiger partial charge in [0.05, 0.1) is 0 Å². The van der Waals surface area contributed by atoms with Crippen molar-refractivity contribution < 1.29 is 4.39 Å². The summed E-state index contributed by atoms with van der Waals surface area (Å²) in [6, 6.07) is 3.30. The highest BCUT2D eigenvalue weighted by Crippen LogP contribution is 2.22. The lowest BCUT2D eigenvalue weighted by Crippen LogP contribution is -2.36. The molecular formula is C17H27ClFN. The maximum Gasteiger partial charge on any atom is 0.127 e. The lowest BCUT2D eigenvalue weighted by molar-refractivity contribution is 0.416. The van der Waals surface area contributed by atoms with Crippen molar-refractivity contribution in [1.82, 2.24) is 5.32 Å². The molecule has 0 aliphatic heterocycles. The van der Waals surface area contributed by atoms with Crippen LogP contribution in [0.2, 0.25) is 5.02 Å². The summed E-state index contributed by atoms with van der Waals surface area (Å²) in [4.78, 5) is 0. The molecule has 1 nitrogen and oxygen atoms in total. The molecule has 1 N–H and O–H groups in total. The van der Waals surface area contributed by atoms with E-state index >= 15 is 0 Å². The van der Waals surface area contributed by atoms with E-state index in [1.54, 1.807) is 6.92 Å². The van der Waals surface area contributed by atoms with Crippen LogP contribution >= 0.6 is 11.6 Å². The van der Waals surface area contributed by atoms with Crippen LogP contribution in [0, 0.1) is 12.7 Å². The van der Waals surface area contributed by atoms with Gasteiger partial charge in [0.15, 0.2) is 0 Å². The number of hydrogen-bond donors (Lipinski definition) is 1. The van der Waals surface area contributed by atoms with Gasteiger partial charge in [-0.3, -0.25) is 0 Å². The molecule has 0 radical (unpaired) electrons. The molecule has 0 aliphatic carbocycles. The van der Waals surface area contributed by atoms with E-state index in [2.05, 4.69) is 26.1 Å². The molecule has 0 bridgehead atoms. The molecule has 20 heavy (non-hydrogen) atoms. The largest absolute Gasteiger partial charge is 0.312 e. The van der Waals surface area contributed by atoms with Crippen molar-refractivity contribution in [3.05, 3.63) is 34.1 Å². The lowest BCUT2D eigenvalue weighted by atomic mass is 10.0. The second-order valence-electron chi connectivity index (χ2n) is 6.53. The van der Waals surface area contributed by atoms with Gasteiger partial charge < -0.3 is 5.32 Å². The first-order valence-corrected chi connectivity index (χ1v) is 7.87. The Morgan fingerprint density at radius 2 is 1.75 bits per heavy atom. The quantitative estimate of drug-likeness (QED) is 0.676. The minimum Gasteiger partial charge on any atom is -0.312 e. The van der Waals surface area contributed by atoms with Gasteiger partial charge in [0.2, 0.25) is 0 Å². The number of halogens is 2. The molecular weight excluding hydrogens is 273 g/mol. The van der Waals surface area contributed by atoms with Crippen LogP contribution in [0.3, 0.4) is 0 Å². The average Bonchev–Trinajstić information content (AvgIpc) is 2.32. The molecule has 0 aliphatic rings. The summed E-state index contributed by atoms with van der Waals surface area (Å²) in [7, 11) is 0. The molecule has 0 atom stereocenters. The van der Waals surface area contributed by atoms with Gasteiger partial charge in [0.1, 0.15) is 5.82 Å². The van der Waals surface area contributed by atoms with E-state index in [-0.39, 0.29) is 11.4 Å². The van der Waals surface area contributed by atoms with Crippen molar-refractivity contribution in [1.29, 1.82) is 0 Å². The Morgan fingerprint density at radius 3 is 2.40 bits per heavy atom. The summed E-state index contributed by atoms with van der Waals surface area (Å²) < 4.78 is 13.3. The minimum atomic E-state index is -0.216. The third-order valence-electron chi connectivity index (χ3n) is 3.36. The molecule has 0 unspecified atom stereocenters. The first-order chi connectivity index (χ1) is 9.29. The maximum atomic E-state index is 13.3. The van der Waals surface area contributed by atoms with Crippen molar-refractivity contribution in [3.63, 3.8) is 0 Å². The van der Waals surface area contributed by atoms with E-state index < -0.39 is 0 Å². The van der Waals surface area contributed by atoms with Gasteiger partial charge in [-0.1, -0.05) is 30.5 Å². The third-order valence-corrected chi connectivity index (χ3v) is 3.71. The molecule has 0 heterocycles. The standard InChI is InChI=1S/C17H27ClFN/c1-13-11-14(15(18)12-16(13)19)9-7-5-6-8-10-20-17(2,3)4/h11-12,20H,5-10H2,1-4H3. The zero-order valence-electron chi connectivity index (χ0n) is 13.2. The van der Waals surface area contributed by atoms with Gasteiger partial charge in [-0.15, -0.1) is 0 Å². The fourth-order valence-electron chi connectivity index (χ4n) is 2.17. The molecule has 1 rings (SSSR count). The summed E-state index contributed by atoms with van der Waals surface area (Å²) in [5.74, 6) is -0.216. The number of aryl methyl sites for hydroxylation is 2. The van der Waals surface area contributed by atoms with Crippen LogP contribution in [0.25, 0.3) is 0 Å². The third kappa shape index (κ3) is 6.71. The van der Waals surface area contributed by atoms with E-state index in [0.717, 1.165) is 24.9 Å². The van der Waals surface area contributed by atoms with Gasteiger partial charge in [-0.05, 0) is 70.7 Å². The van der Waals surface area contributed by atoms with Gasteiger partial charge >= 0.3 is 0 Å². The van der Waals surface area contributed by atoms with E-state index in [1.807, 2.05) is 6.07 Å². The predicted octanol–water partition coefficient (Wildman–Crippen LogP) is 5.28. The van der Waals surface area contributed by atoms with Crippen LogP contribution in [-0.4, -0.2) is 12.1 Å². The second-order valence-corrected chi connectivity index (χ2v) is 6.94. The normalized spacial score (nSPS) is 11.9. The Balaban J connectivity index is 2.20. The van der Waals surface area contributed by atoms with Crippen LogP contribution in [0.5, 0.6) is 0 Å². The van der Waals surface area contributed by atoms with E-state index in [9.17, 15) is 4.39 Å². The summed E-state index contributed by atoms with van der Waals surface area (Å²) in [6.45, 7) is 9.41. The van der Waals surface area contributed by atoms with Gasteiger partial charge in [-0.2, -0.15) is 0 Å². The second kappa shape index (κ2) is 7.99. The van der Waals surface area contributed by atoms with Crippen LogP contribution < -0.4 is 5.32 Å². The number of rotatable bonds is 7. The number of hydrogen-bond acceptors (Lipinski definition) is 1. The van der Waals surface area contributed by atoms with Crippen molar-refractivity contribution in [2.24, 2.45) is 0 Å². The Bertz CT molecular complexity index is 424. The number of unbranched alkanes of at least 4 members (excludes halogenated alkanes) is 3. The molecule has 1 aromatic carbocycles. The zero-order chi connectivity index (χ0) is 15.2. The first kappa shape index (κ1) is 17.5. The summed E-state index contributed by atoms with van der Waals surface area (Å²) in [5.41, 5.74) is 1.95.